The van der Waals surface area contributed by atoms with Crippen LogP contribution in [0.5, 0.6) is 5.75 Å². The van der Waals surface area contributed by atoms with Gasteiger partial charge in [-0.15, -0.1) is 11.3 Å². The van der Waals surface area contributed by atoms with E-state index in [0.29, 0.717) is 57.5 Å². The number of ether oxygens (including phenoxy) is 2. The van der Waals surface area contributed by atoms with Gasteiger partial charge in [0, 0.05) is 64.8 Å². The van der Waals surface area contributed by atoms with Crippen LogP contribution in [0.25, 0.3) is 10.4 Å². The molecule has 2 fully saturated rings. The smallest absolute Gasteiger partial charge is 0.246 e. The summed E-state index contributed by atoms with van der Waals surface area (Å²) in [5, 5.41) is 14.8. The van der Waals surface area contributed by atoms with E-state index in [1.165, 1.54) is 32.7 Å². The maximum absolute atomic E-state index is 12.1. The summed E-state index contributed by atoms with van der Waals surface area (Å²) in [5.74, 6) is 2.07. The third kappa shape index (κ3) is 16.1. The minimum absolute atomic E-state index is 0.0590. The number of aliphatic hydroxyl groups is 1. The highest BCUT2D eigenvalue weighted by atomic mass is 32.1. The number of aromatic nitrogens is 1. The van der Waals surface area contributed by atoms with Gasteiger partial charge in [0.05, 0.1) is 35.3 Å². The number of carbonyl (C=O) groups excluding carboxylic acids is 3. The highest BCUT2D eigenvalue weighted by molar-refractivity contribution is 7.13. The van der Waals surface area contributed by atoms with Gasteiger partial charge in [-0.25, -0.2) is 4.98 Å². The van der Waals surface area contributed by atoms with Crippen LogP contribution in [0.15, 0.2) is 109 Å². The van der Waals surface area contributed by atoms with Crippen LogP contribution in [0.1, 0.15) is 79.0 Å². The number of aliphatic hydroxyl groups excluding tert-OH is 1. The molecule has 3 N–H and O–H groups in total. The lowest BCUT2D eigenvalue weighted by Gasteiger charge is -2.35. The molecule has 0 saturated carbocycles. The van der Waals surface area contributed by atoms with Crippen LogP contribution >= 0.6 is 11.3 Å². The first-order chi connectivity index (χ1) is 32.6. The fraction of sp³-hybridized carbons (Fsp3) is 0.444. The predicted molar refractivity (Wildman–Crippen MR) is 267 cm³/mol. The summed E-state index contributed by atoms with van der Waals surface area (Å²) < 4.78 is 11.7. The van der Waals surface area contributed by atoms with Crippen molar-refractivity contribution in [3.05, 3.63) is 142 Å². The number of benzene rings is 4. The second-order valence-electron chi connectivity index (χ2n) is 18.1. The molecular formula is C54H70N6O6S. The van der Waals surface area contributed by atoms with Crippen molar-refractivity contribution in [2.75, 3.05) is 78.7 Å². The minimum atomic E-state index is -0.461. The largest absolute Gasteiger partial charge is 0.492 e. The van der Waals surface area contributed by atoms with Crippen molar-refractivity contribution >= 4 is 29.6 Å². The van der Waals surface area contributed by atoms with Gasteiger partial charge in [-0.05, 0) is 83.5 Å². The molecule has 0 radical (unpaired) electrons. The van der Waals surface area contributed by atoms with Crippen LogP contribution in [0.3, 0.4) is 0 Å². The van der Waals surface area contributed by atoms with Crippen molar-refractivity contribution < 1.29 is 29.0 Å². The molecule has 4 aromatic carbocycles. The van der Waals surface area contributed by atoms with Gasteiger partial charge in [0.25, 0.3) is 0 Å². The van der Waals surface area contributed by atoms with Crippen LogP contribution in [0, 0.1) is 12.8 Å². The van der Waals surface area contributed by atoms with Crippen molar-refractivity contribution in [2.45, 2.75) is 71.4 Å². The Bertz CT molecular complexity index is 2240. The highest BCUT2D eigenvalue weighted by Crippen LogP contribution is 2.46. The SMILES string of the molecule is CC(C)C.Cc1ncsc1-c1ccc(CNC=O)cc1.O=C(COCCN1CCN(CCOc2ccc(C3c4ccccc4CCC3c3ccccc3)cc2)CC1)NCC(=O)N1CCC(O)C1. The Morgan fingerprint density at radius 1 is 0.836 bits per heavy atom. The van der Waals surface area contributed by atoms with Crippen molar-refractivity contribution in [1.29, 1.82) is 0 Å². The molecule has 3 atom stereocenters. The fourth-order valence-electron chi connectivity index (χ4n) is 8.71. The fourth-order valence-corrected chi connectivity index (χ4v) is 9.52. The van der Waals surface area contributed by atoms with E-state index in [2.05, 4.69) is 137 Å². The molecule has 358 valence electrons. The lowest BCUT2D eigenvalue weighted by molar-refractivity contribution is -0.133. The number of aryl methyl sites for hydroxylation is 2. The van der Waals surface area contributed by atoms with Crippen molar-refractivity contribution in [2.24, 2.45) is 5.92 Å². The Morgan fingerprint density at radius 2 is 1.51 bits per heavy atom. The van der Waals surface area contributed by atoms with E-state index in [4.69, 9.17) is 9.47 Å². The first-order valence-corrected chi connectivity index (χ1v) is 24.7. The molecule has 2 aliphatic heterocycles. The first kappa shape index (κ1) is 51.0. The van der Waals surface area contributed by atoms with E-state index in [9.17, 15) is 19.5 Å². The van der Waals surface area contributed by atoms with Gasteiger partial charge in [0.15, 0.2) is 0 Å². The molecular weight excluding hydrogens is 861 g/mol. The molecule has 12 nitrogen and oxygen atoms in total. The van der Waals surface area contributed by atoms with E-state index < -0.39 is 6.10 Å². The number of amides is 3. The zero-order valence-electron chi connectivity index (χ0n) is 39.8. The number of hydrogen-bond acceptors (Lipinski definition) is 10. The summed E-state index contributed by atoms with van der Waals surface area (Å²) in [4.78, 5) is 46.1. The summed E-state index contributed by atoms with van der Waals surface area (Å²) >= 11 is 1.64. The zero-order chi connectivity index (χ0) is 47.4. The van der Waals surface area contributed by atoms with Crippen LogP contribution in [-0.2, 0) is 32.1 Å². The average Bonchev–Trinajstić information content (AvgIpc) is 4.00. The Labute approximate surface area is 401 Å². The molecule has 3 heterocycles. The van der Waals surface area contributed by atoms with E-state index in [-0.39, 0.29) is 25.0 Å². The summed E-state index contributed by atoms with van der Waals surface area (Å²) in [6.45, 7) is 16.5. The Balaban J connectivity index is 0.000000307. The van der Waals surface area contributed by atoms with Crippen molar-refractivity contribution in [3.8, 4) is 16.2 Å². The van der Waals surface area contributed by atoms with E-state index in [1.54, 1.807) is 16.2 Å². The summed E-state index contributed by atoms with van der Waals surface area (Å²) in [7, 11) is 0. The molecule has 3 aliphatic rings. The number of nitrogens with zero attached hydrogens (tertiary/aromatic N) is 4. The van der Waals surface area contributed by atoms with E-state index >= 15 is 0 Å². The molecule has 1 aliphatic carbocycles. The normalized spacial score (nSPS) is 18.2. The van der Waals surface area contributed by atoms with Gasteiger partial charge in [-0.3, -0.25) is 24.2 Å². The van der Waals surface area contributed by atoms with Crippen LogP contribution in [0.2, 0.25) is 0 Å². The standard InChI is InChI=1S/C38H48N4O5.C12H12N2OS.C4H10/c43-32-16-17-42(27-32)37(45)26-39-36(44)28-46-24-22-40-18-20-41(21-19-40)23-25-47-33-13-10-31(11-14-33)38-34-9-5-4-8-30(34)12-15-35(38)29-6-2-1-3-7-29;1-9-12(16-8-14-9)11-4-2-10(3-5-11)6-13-7-15;1-4(2)3/h1-11,13-14,32,35,38,43H,12,15-28H2,(H,39,44);2-5,7-8H,6H2,1H3,(H,13,15);4H,1-3H3. The molecule has 1 aromatic heterocycles. The number of carbonyl (C=O) groups is 3. The predicted octanol–water partition coefficient (Wildman–Crippen LogP) is 7.30. The molecule has 2 saturated heterocycles. The number of β-amino-alcohol motifs (C(OH)–C–C–N with tert-alkyl or cyclic N) is 1. The zero-order valence-corrected chi connectivity index (χ0v) is 40.6. The first-order valence-electron chi connectivity index (χ1n) is 23.8. The van der Waals surface area contributed by atoms with Gasteiger partial charge < -0.3 is 30.1 Å². The minimum Gasteiger partial charge on any atom is -0.492 e. The molecule has 0 bridgehead atoms. The number of thiazole rings is 1. The number of piperazine rings is 1. The highest BCUT2D eigenvalue weighted by Gasteiger charge is 2.32. The monoisotopic (exact) mass is 931 g/mol. The third-order valence-corrected chi connectivity index (χ3v) is 13.2. The maximum atomic E-state index is 12.1. The Hall–Kier alpha value is -5.44. The third-order valence-electron chi connectivity index (χ3n) is 12.2. The van der Waals surface area contributed by atoms with Crippen LogP contribution in [0.4, 0.5) is 0 Å². The molecule has 3 unspecified atom stereocenters. The summed E-state index contributed by atoms with van der Waals surface area (Å²) in [6.07, 6.45) is 3.10. The van der Waals surface area contributed by atoms with Crippen LogP contribution < -0.4 is 15.4 Å². The van der Waals surface area contributed by atoms with Crippen molar-refractivity contribution in [1.82, 2.24) is 30.3 Å². The molecule has 3 amide bonds. The van der Waals surface area contributed by atoms with Gasteiger partial charge in [-0.1, -0.05) is 112 Å². The number of nitrogens with one attached hydrogen (secondary N) is 2. The number of likely N-dealkylation sites (tertiary alicyclic amines) is 1. The van der Waals surface area contributed by atoms with Crippen LogP contribution in [-0.4, -0.2) is 128 Å². The van der Waals surface area contributed by atoms with Crippen molar-refractivity contribution in [3.63, 3.8) is 0 Å². The van der Waals surface area contributed by atoms with Gasteiger partial charge >= 0.3 is 0 Å². The molecule has 8 rings (SSSR count). The van der Waals surface area contributed by atoms with E-state index in [1.807, 2.05) is 24.6 Å². The van der Waals surface area contributed by atoms with Gasteiger partial charge in [0.1, 0.15) is 19.0 Å². The average molecular weight is 931 g/mol. The molecule has 5 aromatic rings. The second kappa shape index (κ2) is 26.8. The molecule has 67 heavy (non-hydrogen) atoms. The number of fused-ring (bicyclic) bond motifs is 1. The summed E-state index contributed by atoms with van der Waals surface area (Å²) in [6, 6.07) is 36.8. The quantitative estimate of drug-likeness (QED) is 0.0649. The summed E-state index contributed by atoms with van der Waals surface area (Å²) in [5.41, 5.74) is 10.8. The number of hydrogen-bond donors (Lipinski definition) is 3. The lowest BCUT2D eigenvalue weighted by atomic mass is 9.69. The maximum Gasteiger partial charge on any atom is 0.246 e. The Morgan fingerprint density at radius 3 is 2.15 bits per heavy atom. The van der Waals surface area contributed by atoms with E-state index in [0.717, 1.165) is 75.0 Å². The number of rotatable bonds is 17. The Kier molecular flexibility index (Phi) is 20.4. The topological polar surface area (TPSA) is 137 Å². The molecule has 0 spiro atoms. The lowest BCUT2D eigenvalue weighted by Crippen LogP contribution is -2.48. The van der Waals surface area contributed by atoms with Gasteiger partial charge in [0.2, 0.25) is 18.2 Å². The van der Waals surface area contributed by atoms with Gasteiger partial charge in [-0.2, -0.15) is 0 Å². The molecule has 13 heteroatoms. The second-order valence-corrected chi connectivity index (χ2v) is 19.0.